The molecule has 1 saturated heterocycles. The van der Waals surface area contributed by atoms with Gasteiger partial charge in [0.1, 0.15) is 17.9 Å². The van der Waals surface area contributed by atoms with Gasteiger partial charge in [0, 0.05) is 12.1 Å². The summed E-state index contributed by atoms with van der Waals surface area (Å²) in [6.07, 6.45) is 1.35. The summed E-state index contributed by atoms with van der Waals surface area (Å²) in [5.41, 5.74) is 1.12. The second kappa shape index (κ2) is 9.55. The van der Waals surface area contributed by atoms with Crippen molar-refractivity contribution in [3.8, 4) is 5.75 Å². The first-order valence-electron chi connectivity index (χ1n) is 9.95. The number of carbonyl (C=O) groups is 3. The third kappa shape index (κ3) is 4.79. The van der Waals surface area contributed by atoms with Crippen LogP contribution in [-0.4, -0.2) is 22.8 Å². The minimum Gasteiger partial charge on any atom is -0.489 e. The van der Waals surface area contributed by atoms with Gasteiger partial charge in [0.05, 0.1) is 15.6 Å². The lowest BCUT2D eigenvalue weighted by atomic mass is 10.1. The van der Waals surface area contributed by atoms with Crippen LogP contribution in [0, 0.1) is 10.1 Å². The van der Waals surface area contributed by atoms with E-state index in [9.17, 15) is 24.5 Å². The van der Waals surface area contributed by atoms with Crippen LogP contribution in [0.5, 0.6) is 5.75 Å². The zero-order valence-corrected chi connectivity index (χ0v) is 18.2. The molecule has 0 unspecified atom stereocenters. The molecule has 34 heavy (non-hydrogen) atoms. The summed E-state index contributed by atoms with van der Waals surface area (Å²) in [6, 6.07) is 18.0. The zero-order valence-electron chi connectivity index (χ0n) is 17.4. The number of halogens is 1. The van der Waals surface area contributed by atoms with E-state index in [2.05, 4.69) is 5.32 Å². The molecular weight excluding hydrogens is 462 g/mol. The molecule has 3 aromatic carbocycles. The number of rotatable bonds is 6. The molecule has 10 heteroatoms. The van der Waals surface area contributed by atoms with Crippen molar-refractivity contribution in [2.45, 2.75) is 6.61 Å². The maximum absolute atomic E-state index is 13.0. The van der Waals surface area contributed by atoms with Crippen LogP contribution in [0.1, 0.15) is 11.1 Å². The van der Waals surface area contributed by atoms with E-state index >= 15 is 0 Å². The third-order valence-corrected chi connectivity index (χ3v) is 5.24. The number of barbiturate groups is 1. The van der Waals surface area contributed by atoms with Gasteiger partial charge in [-0.2, -0.15) is 0 Å². The number of carbonyl (C=O) groups excluding carboxylic acids is 3. The van der Waals surface area contributed by atoms with Gasteiger partial charge in [-0.05, 0) is 53.6 Å². The fourth-order valence-corrected chi connectivity index (χ4v) is 3.47. The van der Waals surface area contributed by atoms with Crippen molar-refractivity contribution in [3.05, 3.63) is 105 Å². The summed E-state index contributed by atoms with van der Waals surface area (Å²) in [6.45, 7) is 0.159. The summed E-state index contributed by atoms with van der Waals surface area (Å²) in [5.74, 6) is -1.18. The highest BCUT2D eigenvalue weighted by Crippen LogP contribution is 2.29. The number of nitro groups is 1. The molecule has 0 radical (unpaired) electrons. The molecule has 1 fully saturated rings. The molecule has 1 aliphatic heterocycles. The van der Waals surface area contributed by atoms with E-state index in [0.717, 1.165) is 10.5 Å². The minimum absolute atomic E-state index is 0.0166. The number of benzene rings is 3. The van der Waals surface area contributed by atoms with Gasteiger partial charge in [0.25, 0.3) is 17.5 Å². The predicted molar refractivity (Wildman–Crippen MR) is 124 cm³/mol. The number of nitrogens with one attached hydrogen (secondary N) is 1. The molecule has 0 aromatic heterocycles. The Labute approximate surface area is 198 Å². The van der Waals surface area contributed by atoms with E-state index in [1.807, 2.05) is 0 Å². The maximum atomic E-state index is 13.0. The summed E-state index contributed by atoms with van der Waals surface area (Å²) in [4.78, 5) is 48.8. The molecule has 4 amide bonds. The first kappa shape index (κ1) is 22.7. The minimum atomic E-state index is -0.888. The van der Waals surface area contributed by atoms with Gasteiger partial charge < -0.3 is 4.74 Å². The van der Waals surface area contributed by atoms with Gasteiger partial charge >= 0.3 is 6.03 Å². The molecule has 4 rings (SSSR count). The Morgan fingerprint density at radius 1 is 1.00 bits per heavy atom. The lowest BCUT2D eigenvalue weighted by Crippen LogP contribution is -2.54. The van der Waals surface area contributed by atoms with E-state index < -0.39 is 22.8 Å². The largest absolute Gasteiger partial charge is 0.489 e. The van der Waals surface area contributed by atoms with Crippen LogP contribution >= 0.6 is 11.6 Å². The Morgan fingerprint density at radius 3 is 2.44 bits per heavy atom. The van der Waals surface area contributed by atoms with Crippen LogP contribution in [0.25, 0.3) is 6.08 Å². The van der Waals surface area contributed by atoms with E-state index in [4.69, 9.17) is 16.3 Å². The third-order valence-electron chi connectivity index (χ3n) is 4.92. The number of anilines is 1. The molecule has 0 bridgehead atoms. The van der Waals surface area contributed by atoms with Crippen molar-refractivity contribution in [1.82, 2.24) is 5.32 Å². The van der Waals surface area contributed by atoms with Crippen LogP contribution in [0.3, 0.4) is 0 Å². The molecule has 0 atom stereocenters. The van der Waals surface area contributed by atoms with Crippen molar-refractivity contribution >= 4 is 46.9 Å². The fourth-order valence-electron chi connectivity index (χ4n) is 3.25. The molecule has 1 heterocycles. The summed E-state index contributed by atoms with van der Waals surface area (Å²) in [7, 11) is 0. The Morgan fingerprint density at radius 2 is 1.74 bits per heavy atom. The number of para-hydroxylation sites is 1. The highest BCUT2D eigenvalue weighted by Gasteiger charge is 2.37. The number of hydrogen-bond donors (Lipinski definition) is 1. The molecule has 0 spiro atoms. The average Bonchev–Trinajstić information content (AvgIpc) is 2.82. The molecule has 0 aliphatic carbocycles. The molecule has 3 aromatic rings. The Bertz CT molecular complexity index is 1340. The van der Waals surface area contributed by atoms with Crippen molar-refractivity contribution in [1.29, 1.82) is 0 Å². The zero-order chi connectivity index (χ0) is 24.2. The normalized spacial score (nSPS) is 14.8. The van der Waals surface area contributed by atoms with Crippen LogP contribution in [0.15, 0.2) is 78.4 Å². The van der Waals surface area contributed by atoms with Gasteiger partial charge in [-0.3, -0.25) is 25.0 Å². The molecule has 0 saturated carbocycles. The Kier molecular flexibility index (Phi) is 6.37. The van der Waals surface area contributed by atoms with Gasteiger partial charge in [-0.1, -0.05) is 35.9 Å². The number of ether oxygens (including phenoxy) is 1. The monoisotopic (exact) mass is 477 g/mol. The Hall–Kier alpha value is -4.50. The molecule has 9 nitrogen and oxygen atoms in total. The highest BCUT2D eigenvalue weighted by molar-refractivity contribution is 6.42. The van der Waals surface area contributed by atoms with Crippen LogP contribution in [0.4, 0.5) is 16.2 Å². The van der Waals surface area contributed by atoms with E-state index in [0.29, 0.717) is 11.3 Å². The van der Waals surface area contributed by atoms with Crippen molar-refractivity contribution < 1.29 is 24.0 Å². The molecular formula is C24H16ClN3O6. The first-order chi connectivity index (χ1) is 16.3. The first-order valence-corrected chi connectivity index (χ1v) is 10.3. The predicted octanol–water partition coefficient (Wildman–Crippen LogP) is 4.49. The van der Waals surface area contributed by atoms with Crippen molar-refractivity contribution in [2.24, 2.45) is 0 Å². The quantitative estimate of drug-likeness (QED) is 0.242. The second-order valence-electron chi connectivity index (χ2n) is 7.19. The number of urea groups is 1. The molecule has 170 valence electrons. The maximum Gasteiger partial charge on any atom is 0.335 e. The summed E-state index contributed by atoms with van der Waals surface area (Å²) < 4.78 is 5.73. The van der Waals surface area contributed by atoms with Gasteiger partial charge in [0.2, 0.25) is 0 Å². The Balaban J connectivity index is 1.55. The number of non-ortho nitro benzene ring substituents is 1. The van der Waals surface area contributed by atoms with Crippen LogP contribution in [0.2, 0.25) is 5.02 Å². The average molecular weight is 478 g/mol. The standard InChI is InChI=1S/C24H16ClN3O6/c25-20-6-1-2-7-21(20)27-23(30)19(22(29)26-24(27)31)13-16-4-3-5-18(12-16)34-14-15-8-10-17(11-9-15)28(32)33/h1-13H,14H2,(H,26,29,31)/b19-13-. The fraction of sp³-hybridized carbons (Fsp3) is 0.0417. The van der Waals surface area contributed by atoms with Crippen molar-refractivity contribution in [3.63, 3.8) is 0 Å². The number of amides is 4. The van der Waals surface area contributed by atoms with E-state index in [1.165, 1.54) is 30.3 Å². The molecule has 1 aliphatic rings. The highest BCUT2D eigenvalue weighted by atomic mass is 35.5. The number of imide groups is 2. The van der Waals surface area contributed by atoms with Crippen molar-refractivity contribution in [2.75, 3.05) is 4.90 Å². The van der Waals surface area contributed by atoms with Gasteiger partial charge in [-0.15, -0.1) is 0 Å². The molecule has 1 N–H and O–H groups in total. The van der Waals surface area contributed by atoms with E-state index in [-0.39, 0.29) is 28.6 Å². The number of hydrogen-bond acceptors (Lipinski definition) is 6. The lowest BCUT2D eigenvalue weighted by molar-refractivity contribution is -0.384. The summed E-state index contributed by atoms with van der Waals surface area (Å²) >= 11 is 6.13. The van der Waals surface area contributed by atoms with Gasteiger partial charge in [-0.25, -0.2) is 9.69 Å². The van der Waals surface area contributed by atoms with E-state index in [1.54, 1.807) is 48.5 Å². The van der Waals surface area contributed by atoms with Crippen LogP contribution < -0.4 is 15.0 Å². The van der Waals surface area contributed by atoms with Gasteiger partial charge in [0.15, 0.2) is 0 Å². The summed E-state index contributed by atoms with van der Waals surface area (Å²) in [5, 5.41) is 13.1. The smallest absolute Gasteiger partial charge is 0.335 e. The number of nitro benzene ring substituents is 1. The topological polar surface area (TPSA) is 119 Å². The number of nitrogens with zero attached hydrogens (tertiary/aromatic N) is 2. The second-order valence-corrected chi connectivity index (χ2v) is 7.60. The van der Waals surface area contributed by atoms with Crippen LogP contribution in [-0.2, 0) is 16.2 Å². The lowest BCUT2D eigenvalue weighted by Gasteiger charge is -2.27. The SMILES string of the molecule is O=C1NC(=O)N(c2ccccc2Cl)C(=O)/C1=C\c1cccc(OCc2ccc([N+](=O)[O-])cc2)c1.